The molecule has 0 fully saturated rings. The Hall–Kier alpha value is -4.26. The Kier molecular flexibility index (Phi) is 9.72. The third-order valence-corrected chi connectivity index (χ3v) is 5.32. The number of H-pyrrole nitrogens is 1. The van der Waals surface area contributed by atoms with Crippen molar-refractivity contribution in [1.29, 1.82) is 10.5 Å². The molecule has 3 rings (SSSR count). The number of carboxylic acid groups (broad SMARTS) is 1. The van der Waals surface area contributed by atoms with Crippen LogP contribution in [0.15, 0.2) is 30.3 Å². The quantitative estimate of drug-likeness (QED) is 0.313. The minimum absolute atomic E-state index is 0.0144. The highest BCUT2D eigenvalue weighted by atomic mass is 35.5. The average Bonchev–Trinajstić information content (AvgIpc) is 3.13. The number of carbonyl (C=O) groups excluding carboxylic acids is 1. The van der Waals surface area contributed by atoms with Crippen LogP contribution < -0.4 is 10.1 Å². The number of aromatic nitrogens is 1. The molecule has 0 atom stereocenters. The van der Waals surface area contributed by atoms with E-state index >= 15 is 4.39 Å². The van der Waals surface area contributed by atoms with Gasteiger partial charge in [-0.25, -0.2) is 9.18 Å². The number of rotatable bonds is 5. The van der Waals surface area contributed by atoms with E-state index in [1.165, 1.54) is 30.3 Å². The zero-order valence-electron chi connectivity index (χ0n) is 19.4. The molecule has 0 saturated carbocycles. The second kappa shape index (κ2) is 12.3. The summed E-state index contributed by atoms with van der Waals surface area (Å²) in [5.41, 5.74) is 2.12. The van der Waals surface area contributed by atoms with Crippen LogP contribution in [0.1, 0.15) is 38.4 Å². The van der Waals surface area contributed by atoms with Gasteiger partial charge in [-0.1, -0.05) is 29.3 Å². The topological polar surface area (TPSA) is 139 Å². The monoisotopic (exact) mass is 570 g/mol. The van der Waals surface area contributed by atoms with Crippen molar-refractivity contribution in [3.05, 3.63) is 79.8 Å². The number of nitrogens with one attached hydrogen (secondary N) is 2. The van der Waals surface area contributed by atoms with Crippen molar-refractivity contribution in [3.8, 4) is 23.6 Å². The minimum Gasteiger partial charge on any atom is -0.475 e. The van der Waals surface area contributed by atoms with Gasteiger partial charge in [0.25, 0.3) is 5.91 Å². The zero-order valence-corrected chi connectivity index (χ0v) is 20.9. The zero-order chi connectivity index (χ0) is 28.8. The fourth-order valence-electron chi connectivity index (χ4n) is 3.02. The molecule has 0 radical (unpaired) electrons. The Morgan fingerprint density at radius 3 is 2.29 bits per heavy atom. The summed E-state index contributed by atoms with van der Waals surface area (Å²) in [5, 5.41) is 28.2. The van der Waals surface area contributed by atoms with Crippen molar-refractivity contribution in [1.82, 2.24) is 10.3 Å². The molecule has 0 bridgehead atoms. The van der Waals surface area contributed by atoms with Crippen LogP contribution in [0.5, 0.6) is 11.5 Å². The number of aromatic amines is 1. The lowest BCUT2D eigenvalue weighted by Gasteiger charge is -2.13. The number of benzene rings is 2. The smallest absolute Gasteiger partial charge is 0.475 e. The number of ether oxygens (including phenoxy) is 1. The van der Waals surface area contributed by atoms with Crippen molar-refractivity contribution in [2.24, 2.45) is 0 Å². The third-order valence-electron chi connectivity index (χ3n) is 4.81. The Bertz CT molecular complexity index is 1470. The first-order valence-electron chi connectivity index (χ1n) is 10.2. The standard InChI is InChI=1S/C22H15Cl2FN4O2.C2HF3O2/c1-11-17(9-27)12(2)29-20(11)22(30)28-10-14-3-4-18(24)21(19(14)25)31-16-6-13(8-26)5-15(23)7-16;3-2(4,5)1(6)7/h3-7,29H,10H2,1-2H3,(H,28,30);(H,6,7). The largest absolute Gasteiger partial charge is 0.490 e. The number of aryl methyl sites for hydroxylation is 1. The first-order chi connectivity index (χ1) is 17.7. The predicted octanol–water partition coefficient (Wildman–Crippen LogP) is 6.18. The van der Waals surface area contributed by atoms with Crippen LogP contribution in [-0.2, 0) is 11.3 Å². The number of alkyl halides is 3. The average molecular weight is 571 g/mol. The van der Waals surface area contributed by atoms with Gasteiger partial charge in [0, 0.05) is 22.8 Å². The van der Waals surface area contributed by atoms with E-state index in [0.29, 0.717) is 16.8 Å². The van der Waals surface area contributed by atoms with E-state index in [0.717, 1.165) is 0 Å². The molecule has 0 aliphatic carbocycles. The number of carboxylic acids is 1. The van der Waals surface area contributed by atoms with Gasteiger partial charge in [0.2, 0.25) is 0 Å². The summed E-state index contributed by atoms with van der Waals surface area (Å²) in [6.45, 7) is 3.21. The summed E-state index contributed by atoms with van der Waals surface area (Å²) in [5.74, 6) is -4.10. The van der Waals surface area contributed by atoms with Gasteiger partial charge < -0.3 is 20.1 Å². The van der Waals surface area contributed by atoms with E-state index in [1.807, 2.05) is 12.1 Å². The van der Waals surface area contributed by atoms with Crippen molar-refractivity contribution < 1.29 is 37.0 Å². The van der Waals surface area contributed by atoms with Gasteiger partial charge in [0.15, 0.2) is 11.6 Å². The number of nitrogens with zero attached hydrogens (tertiary/aromatic N) is 2. The maximum atomic E-state index is 15.0. The molecule has 198 valence electrons. The molecule has 38 heavy (non-hydrogen) atoms. The van der Waals surface area contributed by atoms with Gasteiger partial charge in [0.05, 0.1) is 22.2 Å². The van der Waals surface area contributed by atoms with E-state index < -0.39 is 23.9 Å². The number of hydrogen-bond donors (Lipinski definition) is 3. The van der Waals surface area contributed by atoms with Crippen molar-refractivity contribution in [2.45, 2.75) is 26.6 Å². The van der Waals surface area contributed by atoms with Crippen LogP contribution in [0.4, 0.5) is 17.6 Å². The highest BCUT2D eigenvalue weighted by Gasteiger charge is 2.38. The van der Waals surface area contributed by atoms with Gasteiger partial charge >= 0.3 is 12.1 Å². The summed E-state index contributed by atoms with van der Waals surface area (Å²) in [7, 11) is 0. The number of halogens is 6. The number of carbonyl (C=O) groups is 2. The van der Waals surface area contributed by atoms with Crippen molar-refractivity contribution in [3.63, 3.8) is 0 Å². The highest BCUT2D eigenvalue weighted by molar-refractivity contribution is 6.32. The number of nitriles is 2. The van der Waals surface area contributed by atoms with Crippen LogP contribution in [0.2, 0.25) is 10.0 Å². The summed E-state index contributed by atoms with van der Waals surface area (Å²) in [6.07, 6.45) is -5.08. The highest BCUT2D eigenvalue weighted by Crippen LogP contribution is 2.35. The summed E-state index contributed by atoms with van der Waals surface area (Å²) in [6, 6.07) is 11.1. The molecular formula is C24H16Cl2F4N4O4. The normalized spacial score (nSPS) is 10.5. The lowest BCUT2D eigenvalue weighted by molar-refractivity contribution is -0.192. The molecule has 1 amide bonds. The molecule has 3 aromatic rings. The molecule has 3 N–H and O–H groups in total. The van der Waals surface area contributed by atoms with Crippen LogP contribution in [0.3, 0.4) is 0 Å². The minimum atomic E-state index is -5.08. The second-order valence-corrected chi connectivity index (χ2v) is 8.31. The molecular weight excluding hydrogens is 555 g/mol. The SMILES string of the molecule is Cc1[nH]c(C(=O)NCc2ccc(Cl)c(Oc3cc(Cl)cc(C#N)c3)c2F)c(C)c1C#N.O=C(O)C(F)(F)F. The van der Waals surface area contributed by atoms with Gasteiger partial charge in [-0.2, -0.15) is 23.7 Å². The number of hydrogen-bond acceptors (Lipinski definition) is 5. The first kappa shape index (κ1) is 30.0. The molecule has 8 nitrogen and oxygen atoms in total. The molecule has 2 aromatic carbocycles. The van der Waals surface area contributed by atoms with E-state index in [-0.39, 0.29) is 44.9 Å². The fourth-order valence-corrected chi connectivity index (χ4v) is 3.43. The fraction of sp³-hybridized carbons (Fsp3) is 0.167. The van der Waals surface area contributed by atoms with E-state index in [1.54, 1.807) is 13.8 Å². The van der Waals surface area contributed by atoms with E-state index in [2.05, 4.69) is 10.3 Å². The lowest BCUT2D eigenvalue weighted by atomic mass is 10.1. The summed E-state index contributed by atoms with van der Waals surface area (Å²) >= 11 is 12.1. The lowest BCUT2D eigenvalue weighted by Crippen LogP contribution is -2.24. The van der Waals surface area contributed by atoms with Gasteiger partial charge in [-0.3, -0.25) is 4.79 Å². The molecule has 0 aliphatic heterocycles. The molecule has 0 saturated heterocycles. The van der Waals surface area contributed by atoms with Gasteiger partial charge in [0.1, 0.15) is 17.5 Å². The van der Waals surface area contributed by atoms with E-state index in [9.17, 15) is 18.0 Å². The summed E-state index contributed by atoms with van der Waals surface area (Å²) in [4.78, 5) is 24.3. The Morgan fingerprint density at radius 2 is 1.76 bits per heavy atom. The number of aliphatic carboxylic acids is 1. The Labute approximate surface area is 223 Å². The molecule has 14 heteroatoms. The first-order valence-corrected chi connectivity index (χ1v) is 11.0. The Morgan fingerprint density at radius 1 is 1.13 bits per heavy atom. The van der Waals surface area contributed by atoms with Crippen LogP contribution >= 0.6 is 23.2 Å². The maximum Gasteiger partial charge on any atom is 0.490 e. The molecule has 1 heterocycles. The molecule has 0 aliphatic rings. The summed E-state index contributed by atoms with van der Waals surface area (Å²) < 4.78 is 52.3. The van der Waals surface area contributed by atoms with Crippen molar-refractivity contribution in [2.75, 3.05) is 0 Å². The van der Waals surface area contributed by atoms with E-state index in [4.69, 9.17) is 48.4 Å². The van der Waals surface area contributed by atoms with Crippen LogP contribution in [0, 0.1) is 42.3 Å². The second-order valence-electron chi connectivity index (χ2n) is 7.46. The Balaban J connectivity index is 0.000000638. The van der Waals surface area contributed by atoms with Gasteiger partial charge in [-0.05, 0) is 43.7 Å². The van der Waals surface area contributed by atoms with Crippen molar-refractivity contribution >= 4 is 35.1 Å². The molecule has 1 aromatic heterocycles. The number of amides is 1. The molecule has 0 unspecified atom stereocenters. The van der Waals surface area contributed by atoms with Crippen LogP contribution in [0.25, 0.3) is 0 Å². The third kappa shape index (κ3) is 7.38. The van der Waals surface area contributed by atoms with Gasteiger partial charge in [-0.15, -0.1) is 0 Å². The molecule has 0 spiro atoms. The maximum absolute atomic E-state index is 15.0. The predicted molar refractivity (Wildman–Crippen MR) is 127 cm³/mol. The van der Waals surface area contributed by atoms with Crippen LogP contribution in [-0.4, -0.2) is 28.1 Å².